The second-order valence-electron chi connectivity index (χ2n) is 8.51. The van der Waals surface area contributed by atoms with Crippen LogP contribution in [0.2, 0.25) is 0 Å². The van der Waals surface area contributed by atoms with Crippen LogP contribution in [0, 0.1) is 25.7 Å². The molecule has 2 aliphatic rings. The topological polar surface area (TPSA) is 49.3 Å². The van der Waals surface area contributed by atoms with Crippen LogP contribution in [0.5, 0.6) is 0 Å². The first-order valence-corrected chi connectivity index (χ1v) is 10.4. The molecule has 2 saturated heterocycles. The first-order chi connectivity index (χ1) is 13.5. The molecule has 0 radical (unpaired) electrons. The van der Waals surface area contributed by atoms with Crippen LogP contribution in [-0.2, 0) is 0 Å². The molecule has 4 rings (SSSR count). The van der Waals surface area contributed by atoms with E-state index < -0.39 is 0 Å². The lowest BCUT2D eigenvalue weighted by atomic mass is 9.98. The summed E-state index contributed by atoms with van der Waals surface area (Å²) in [6.07, 6.45) is 2.72. The predicted octanol–water partition coefficient (Wildman–Crippen LogP) is 3.29. The molecule has 0 spiro atoms. The van der Waals surface area contributed by atoms with E-state index in [2.05, 4.69) is 52.1 Å². The van der Waals surface area contributed by atoms with E-state index in [1.165, 1.54) is 18.3 Å². The number of rotatable bonds is 5. The second-order valence-corrected chi connectivity index (χ2v) is 8.51. The summed E-state index contributed by atoms with van der Waals surface area (Å²) >= 11 is 0. The molecule has 2 unspecified atom stereocenters. The summed E-state index contributed by atoms with van der Waals surface area (Å²) < 4.78 is 0. The minimum absolute atomic E-state index is 0.106. The van der Waals surface area contributed by atoms with Crippen LogP contribution in [0.3, 0.4) is 0 Å². The summed E-state index contributed by atoms with van der Waals surface area (Å²) in [5.41, 5.74) is 3.68. The number of aromatic nitrogens is 2. The standard InChI is InChI=1S/C23H30N4O/c1-16(19-7-5-4-6-8-19)9-10-26-11-20-13-27(14-21(20)12-26)23(28)22-17(2)24-15-25-18(22)3/h4-8,15-16,20-21H,9-14H2,1-3H3/t16-,20?,21?/m0/s1. The third-order valence-corrected chi connectivity index (χ3v) is 6.54. The van der Waals surface area contributed by atoms with Crippen LogP contribution in [0.1, 0.15) is 46.6 Å². The molecule has 2 aliphatic heterocycles. The maximum Gasteiger partial charge on any atom is 0.257 e. The van der Waals surface area contributed by atoms with Gasteiger partial charge < -0.3 is 9.80 Å². The van der Waals surface area contributed by atoms with Gasteiger partial charge >= 0.3 is 0 Å². The van der Waals surface area contributed by atoms with Crippen molar-refractivity contribution in [3.63, 3.8) is 0 Å². The fraction of sp³-hybridized carbons (Fsp3) is 0.522. The highest BCUT2D eigenvalue weighted by atomic mass is 16.2. The van der Waals surface area contributed by atoms with Crippen molar-refractivity contribution in [3.8, 4) is 0 Å². The molecule has 2 aromatic rings. The van der Waals surface area contributed by atoms with Gasteiger partial charge in [0.2, 0.25) is 0 Å². The van der Waals surface area contributed by atoms with Crippen molar-refractivity contribution in [1.82, 2.24) is 19.8 Å². The number of hydrogen-bond donors (Lipinski definition) is 0. The van der Waals surface area contributed by atoms with E-state index in [1.54, 1.807) is 0 Å². The Bertz CT molecular complexity index is 804. The van der Waals surface area contributed by atoms with Gasteiger partial charge in [0, 0.05) is 26.2 Å². The van der Waals surface area contributed by atoms with E-state index >= 15 is 0 Å². The van der Waals surface area contributed by atoms with Crippen molar-refractivity contribution in [3.05, 3.63) is 59.2 Å². The van der Waals surface area contributed by atoms with E-state index in [0.29, 0.717) is 23.3 Å². The highest BCUT2D eigenvalue weighted by Crippen LogP contribution is 2.33. The molecule has 1 amide bonds. The van der Waals surface area contributed by atoms with E-state index in [-0.39, 0.29) is 5.91 Å². The molecule has 0 bridgehead atoms. The maximum absolute atomic E-state index is 13.0. The zero-order valence-electron chi connectivity index (χ0n) is 17.1. The quantitative estimate of drug-likeness (QED) is 0.801. The highest BCUT2D eigenvalue weighted by Gasteiger charge is 2.42. The van der Waals surface area contributed by atoms with Gasteiger partial charge in [0.1, 0.15) is 6.33 Å². The van der Waals surface area contributed by atoms with E-state index in [9.17, 15) is 4.79 Å². The number of carbonyl (C=O) groups is 1. The Hall–Kier alpha value is -2.27. The summed E-state index contributed by atoms with van der Waals surface area (Å²) in [6, 6.07) is 10.8. The van der Waals surface area contributed by atoms with Gasteiger partial charge in [-0.05, 0) is 50.1 Å². The summed E-state index contributed by atoms with van der Waals surface area (Å²) in [7, 11) is 0. The smallest absolute Gasteiger partial charge is 0.257 e. The van der Waals surface area contributed by atoms with Gasteiger partial charge in [-0.3, -0.25) is 4.79 Å². The Balaban J connectivity index is 1.31. The molecular formula is C23H30N4O. The molecule has 148 valence electrons. The van der Waals surface area contributed by atoms with Crippen LogP contribution >= 0.6 is 0 Å². The van der Waals surface area contributed by atoms with Gasteiger partial charge in [-0.15, -0.1) is 0 Å². The van der Waals surface area contributed by atoms with Crippen molar-refractivity contribution in [2.45, 2.75) is 33.1 Å². The van der Waals surface area contributed by atoms with Gasteiger partial charge in [-0.1, -0.05) is 37.3 Å². The molecule has 1 aromatic carbocycles. The van der Waals surface area contributed by atoms with Crippen molar-refractivity contribution in [2.75, 3.05) is 32.7 Å². The lowest BCUT2D eigenvalue weighted by Gasteiger charge is -2.23. The molecule has 5 heteroatoms. The summed E-state index contributed by atoms with van der Waals surface area (Å²) in [5, 5.41) is 0. The number of carbonyl (C=O) groups excluding carboxylic acids is 1. The Morgan fingerprint density at radius 1 is 1.04 bits per heavy atom. The van der Waals surface area contributed by atoms with Crippen LogP contribution < -0.4 is 0 Å². The largest absolute Gasteiger partial charge is 0.338 e. The molecule has 5 nitrogen and oxygen atoms in total. The first-order valence-electron chi connectivity index (χ1n) is 10.4. The lowest BCUT2D eigenvalue weighted by Crippen LogP contribution is -2.34. The maximum atomic E-state index is 13.0. The number of nitrogens with zero attached hydrogens (tertiary/aromatic N) is 4. The van der Waals surface area contributed by atoms with Crippen LogP contribution in [0.15, 0.2) is 36.7 Å². The second kappa shape index (κ2) is 8.00. The molecule has 3 heterocycles. The number of benzene rings is 1. The van der Waals surface area contributed by atoms with Gasteiger partial charge in [-0.2, -0.15) is 0 Å². The van der Waals surface area contributed by atoms with Crippen LogP contribution in [0.25, 0.3) is 0 Å². The fourth-order valence-corrected chi connectivity index (χ4v) is 4.82. The summed E-state index contributed by atoms with van der Waals surface area (Å²) in [6.45, 7) is 11.2. The van der Waals surface area contributed by atoms with E-state index in [0.717, 1.165) is 44.1 Å². The minimum Gasteiger partial charge on any atom is -0.338 e. The first kappa shape index (κ1) is 19.1. The molecule has 28 heavy (non-hydrogen) atoms. The lowest BCUT2D eigenvalue weighted by molar-refractivity contribution is 0.0771. The molecule has 0 N–H and O–H groups in total. The summed E-state index contributed by atoms with van der Waals surface area (Å²) in [5.74, 6) is 1.89. The molecule has 1 aromatic heterocycles. The molecule has 3 atom stereocenters. The van der Waals surface area contributed by atoms with Crippen molar-refractivity contribution in [1.29, 1.82) is 0 Å². The minimum atomic E-state index is 0.106. The van der Waals surface area contributed by atoms with Gasteiger partial charge in [0.25, 0.3) is 5.91 Å². The van der Waals surface area contributed by atoms with Crippen molar-refractivity contribution in [2.24, 2.45) is 11.8 Å². The number of hydrogen-bond acceptors (Lipinski definition) is 4. The fourth-order valence-electron chi connectivity index (χ4n) is 4.82. The van der Waals surface area contributed by atoms with Crippen molar-refractivity contribution >= 4 is 5.91 Å². The SMILES string of the molecule is Cc1ncnc(C)c1C(=O)N1CC2CN(CC[C@H](C)c3ccccc3)CC2C1. The normalized spacial score (nSPS) is 23.0. The zero-order valence-corrected chi connectivity index (χ0v) is 17.1. The molecular weight excluding hydrogens is 348 g/mol. The predicted molar refractivity (Wildman–Crippen MR) is 110 cm³/mol. The van der Waals surface area contributed by atoms with Crippen LogP contribution in [-0.4, -0.2) is 58.4 Å². The number of fused-ring (bicyclic) bond motifs is 1. The highest BCUT2D eigenvalue weighted by molar-refractivity contribution is 5.96. The van der Waals surface area contributed by atoms with Crippen LogP contribution in [0.4, 0.5) is 0 Å². The average Bonchev–Trinajstić information content (AvgIpc) is 3.25. The van der Waals surface area contributed by atoms with Crippen molar-refractivity contribution < 1.29 is 4.79 Å². The summed E-state index contributed by atoms with van der Waals surface area (Å²) in [4.78, 5) is 26.1. The Morgan fingerprint density at radius 2 is 1.64 bits per heavy atom. The molecule has 0 aliphatic carbocycles. The monoisotopic (exact) mass is 378 g/mol. The van der Waals surface area contributed by atoms with Gasteiger partial charge in [-0.25, -0.2) is 9.97 Å². The van der Waals surface area contributed by atoms with Gasteiger partial charge in [0.15, 0.2) is 0 Å². The number of amides is 1. The molecule has 0 saturated carbocycles. The third kappa shape index (κ3) is 3.81. The Morgan fingerprint density at radius 3 is 2.25 bits per heavy atom. The molecule has 2 fully saturated rings. The average molecular weight is 379 g/mol. The van der Waals surface area contributed by atoms with E-state index in [4.69, 9.17) is 0 Å². The Labute approximate surface area is 167 Å². The van der Waals surface area contributed by atoms with E-state index in [1.807, 2.05) is 18.7 Å². The zero-order chi connectivity index (χ0) is 19.7. The third-order valence-electron chi connectivity index (χ3n) is 6.54. The Kier molecular flexibility index (Phi) is 5.44. The number of aryl methyl sites for hydroxylation is 2. The number of likely N-dealkylation sites (tertiary alicyclic amines) is 2. The van der Waals surface area contributed by atoms with Gasteiger partial charge in [0.05, 0.1) is 17.0 Å².